The minimum atomic E-state index is -0.428. The average Bonchev–Trinajstić information content (AvgIpc) is 2.65. The molecule has 1 heterocycles. The molecule has 0 saturated carbocycles. The summed E-state index contributed by atoms with van der Waals surface area (Å²) in [6.45, 7) is 4.29. The van der Waals surface area contributed by atoms with Gasteiger partial charge in [0.05, 0.1) is 27.8 Å². The van der Waals surface area contributed by atoms with Crippen LogP contribution in [0.2, 0.25) is 0 Å². The van der Waals surface area contributed by atoms with Gasteiger partial charge in [0.25, 0.3) is 0 Å². The van der Waals surface area contributed by atoms with Gasteiger partial charge in [0.15, 0.2) is 5.58 Å². The molecule has 0 aliphatic carbocycles. The molecule has 0 fully saturated rings. The third kappa shape index (κ3) is 3.62. The van der Waals surface area contributed by atoms with Gasteiger partial charge in [0, 0.05) is 4.90 Å². The van der Waals surface area contributed by atoms with E-state index < -0.39 is 5.97 Å². The summed E-state index contributed by atoms with van der Waals surface area (Å²) in [5, 5.41) is 0.920. The number of carbonyl (C=O) groups excluding carboxylic acids is 1. The molecule has 3 aromatic rings. The highest BCUT2D eigenvalue weighted by Crippen LogP contribution is 2.32. The lowest BCUT2D eigenvalue weighted by Gasteiger charge is -2.09. The lowest BCUT2D eigenvalue weighted by Crippen LogP contribution is -2.11. The van der Waals surface area contributed by atoms with Gasteiger partial charge in [-0.1, -0.05) is 13.8 Å². The molecule has 0 atom stereocenters. The van der Waals surface area contributed by atoms with Gasteiger partial charge < -0.3 is 9.15 Å². The van der Waals surface area contributed by atoms with Gasteiger partial charge in [-0.05, 0) is 48.8 Å². The van der Waals surface area contributed by atoms with E-state index in [9.17, 15) is 9.59 Å². The van der Waals surface area contributed by atoms with Crippen molar-refractivity contribution in [1.29, 1.82) is 0 Å². The molecular weight excluding hydrogens is 368 g/mol. The van der Waals surface area contributed by atoms with Crippen LogP contribution >= 0.6 is 23.5 Å². The molecule has 3 rings (SSSR count). The first kappa shape index (κ1) is 18.9. The van der Waals surface area contributed by atoms with E-state index >= 15 is 0 Å². The fourth-order valence-electron chi connectivity index (χ4n) is 2.62. The maximum absolute atomic E-state index is 13.0. The Labute approximate surface area is 160 Å². The van der Waals surface area contributed by atoms with Crippen LogP contribution in [0.4, 0.5) is 0 Å². The second-order valence-corrected chi connectivity index (χ2v) is 8.07. The topological polar surface area (TPSA) is 56.5 Å². The molecule has 0 bridgehead atoms. The first-order valence-electron chi connectivity index (χ1n) is 8.24. The van der Waals surface area contributed by atoms with Crippen LogP contribution in [0.3, 0.4) is 0 Å². The van der Waals surface area contributed by atoms with Gasteiger partial charge in [0.1, 0.15) is 5.58 Å². The number of benzene rings is 2. The van der Waals surface area contributed by atoms with Crippen molar-refractivity contribution in [3.8, 4) is 0 Å². The SMILES string of the molecule is CSc1cc(SC)c2oc3ccc(C(=O)OCC(C)C)cc3c(=O)c2c1. The van der Waals surface area contributed by atoms with Crippen LogP contribution in [-0.2, 0) is 4.74 Å². The minimum absolute atomic E-state index is 0.133. The molecule has 0 radical (unpaired) electrons. The van der Waals surface area contributed by atoms with E-state index in [2.05, 4.69) is 0 Å². The third-order valence-electron chi connectivity index (χ3n) is 3.95. The van der Waals surface area contributed by atoms with Crippen molar-refractivity contribution in [2.24, 2.45) is 5.92 Å². The second kappa shape index (κ2) is 7.76. The van der Waals surface area contributed by atoms with Gasteiger partial charge in [-0.25, -0.2) is 4.79 Å². The Morgan fingerprint density at radius 3 is 2.54 bits per heavy atom. The van der Waals surface area contributed by atoms with Gasteiger partial charge in [-0.3, -0.25) is 4.79 Å². The van der Waals surface area contributed by atoms with Gasteiger partial charge in [-0.2, -0.15) is 0 Å². The van der Waals surface area contributed by atoms with E-state index in [-0.39, 0.29) is 11.3 Å². The molecule has 6 heteroatoms. The van der Waals surface area contributed by atoms with Crippen LogP contribution in [0.1, 0.15) is 24.2 Å². The highest BCUT2D eigenvalue weighted by molar-refractivity contribution is 7.99. The van der Waals surface area contributed by atoms with Crippen LogP contribution in [0.15, 0.2) is 49.3 Å². The van der Waals surface area contributed by atoms with E-state index in [0.29, 0.717) is 34.1 Å². The number of carbonyl (C=O) groups is 1. The highest BCUT2D eigenvalue weighted by Gasteiger charge is 2.15. The van der Waals surface area contributed by atoms with Gasteiger partial charge >= 0.3 is 5.97 Å². The predicted octanol–water partition coefficient (Wildman–Crippen LogP) is 5.20. The molecule has 2 aromatic carbocycles. The Bertz CT molecular complexity index is 1040. The summed E-state index contributed by atoms with van der Waals surface area (Å²) in [6, 6.07) is 8.72. The number of hydrogen-bond donors (Lipinski definition) is 0. The van der Waals surface area contributed by atoms with Gasteiger partial charge in [-0.15, -0.1) is 23.5 Å². The van der Waals surface area contributed by atoms with E-state index in [1.807, 2.05) is 38.5 Å². The fourth-order valence-corrected chi connectivity index (χ4v) is 3.75. The van der Waals surface area contributed by atoms with Crippen molar-refractivity contribution in [3.05, 3.63) is 46.1 Å². The molecular formula is C20H20O4S2. The largest absolute Gasteiger partial charge is 0.462 e. The summed E-state index contributed by atoms with van der Waals surface area (Å²) in [4.78, 5) is 27.2. The Morgan fingerprint density at radius 1 is 1.12 bits per heavy atom. The molecule has 0 amide bonds. The van der Waals surface area contributed by atoms with Crippen LogP contribution in [0.25, 0.3) is 21.9 Å². The monoisotopic (exact) mass is 388 g/mol. The number of rotatable bonds is 5. The summed E-state index contributed by atoms with van der Waals surface area (Å²) in [6.07, 6.45) is 3.92. The average molecular weight is 389 g/mol. The van der Waals surface area contributed by atoms with Crippen molar-refractivity contribution in [3.63, 3.8) is 0 Å². The third-order valence-corrected chi connectivity index (χ3v) is 5.40. The van der Waals surface area contributed by atoms with E-state index in [0.717, 1.165) is 9.79 Å². The normalized spacial score (nSPS) is 11.4. The maximum Gasteiger partial charge on any atom is 0.338 e. The Kier molecular flexibility index (Phi) is 5.63. The van der Waals surface area contributed by atoms with E-state index in [1.165, 1.54) is 0 Å². The second-order valence-electron chi connectivity index (χ2n) is 6.34. The zero-order valence-corrected chi connectivity index (χ0v) is 16.8. The summed E-state index contributed by atoms with van der Waals surface area (Å²) in [5.74, 6) is -0.175. The van der Waals surface area contributed by atoms with Crippen LogP contribution < -0.4 is 5.43 Å². The summed E-state index contributed by atoms with van der Waals surface area (Å²) in [5.41, 5.74) is 1.28. The van der Waals surface area contributed by atoms with E-state index in [4.69, 9.17) is 9.15 Å². The number of ether oxygens (including phenoxy) is 1. The minimum Gasteiger partial charge on any atom is -0.462 e. The predicted molar refractivity (Wildman–Crippen MR) is 109 cm³/mol. The fraction of sp³-hybridized carbons (Fsp3) is 0.300. The van der Waals surface area contributed by atoms with Crippen molar-refractivity contribution in [2.45, 2.75) is 23.6 Å². The number of hydrogen-bond acceptors (Lipinski definition) is 6. The molecule has 0 unspecified atom stereocenters. The Hall–Kier alpha value is -1.92. The summed E-state index contributed by atoms with van der Waals surface area (Å²) < 4.78 is 11.3. The van der Waals surface area contributed by atoms with Crippen molar-refractivity contribution in [1.82, 2.24) is 0 Å². The van der Waals surface area contributed by atoms with Crippen LogP contribution in [0, 0.1) is 5.92 Å². The molecule has 1 aromatic heterocycles. The van der Waals surface area contributed by atoms with Crippen molar-refractivity contribution >= 4 is 51.4 Å². The first-order valence-corrected chi connectivity index (χ1v) is 10.7. The molecule has 4 nitrogen and oxygen atoms in total. The summed E-state index contributed by atoms with van der Waals surface area (Å²) >= 11 is 3.12. The van der Waals surface area contributed by atoms with Crippen molar-refractivity contribution in [2.75, 3.05) is 19.1 Å². The quantitative estimate of drug-likeness (QED) is 0.340. The molecule has 0 N–H and O–H groups in total. The molecule has 136 valence electrons. The number of fused-ring (bicyclic) bond motifs is 2. The van der Waals surface area contributed by atoms with Crippen LogP contribution in [0.5, 0.6) is 0 Å². The zero-order valence-electron chi connectivity index (χ0n) is 15.1. The highest BCUT2D eigenvalue weighted by atomic mass is 32.2. The van der Waals surface area contributed by atoms with Crippen LogP contribution in [-0.4, -0.2) is 25.1 Å². The molecule has 0 aliphatic rings. The Morgan fingerprint density at radius 2 is 1.88 bits per heavy atom. The smallest absolute Gasteiger partial charge is 0.338 e. The molecule has 0 aliphatic heterocycles. The van der Waals surface area contributed by atoms with Gasteiger partial charge in [0.2, 0.25) is 5.43 Å². The molecule has 0 spiro atoms. The van der Waals surface area contributed by atoms with Crippen molar-refractivity contribution < 1.29 is 13.9 Å². The number of thioether (sulfide) groups is 2. The first-order chi connectivity index (χ1) is 12.4. The maximum atomic E-state index is 13.0. The summed E-state index contributed by atoms with van der Waals surface area (Å²) in [7, 11) is 0. The lowest BCUT2D eigenvalue weighted by molar-refractivity contribution is 0.0459. The number of esters is 1. The Balaban J connectivity index is 2.18. The molecule has 26 heavy (non-hydrogen) atoms. The molecule has 0 saturated heterocycles. The lowest BCUT2D eigenvalue weighted by atomic mass is 10.1. The van der Waals surface area contributed by atoms with E-state index in [1.54, 1.807) is 41.7 Å². The standard InChI is InChI=1S/C20H20O4S2/c1-11(2)10-23-20(22)12-5-6-16-14(7-12)18(21)15-8-13(25-3)9-17(26-4)19(15)24-16/h5-9,11H,10H2,1-4H3. The zero-order chi connectivity index (χ0) is 18.8.